The minimum absolute atomic E-state index is 0.297. The van der Waals surface area contributed by atoms with Gasteiger partial charge >= 0.3 is 5.69 Å². The zero-order chi connectivity index (χ0) is 13.4. The molecule has 2 heterocycles. The van der Waals surface area contributed by atoms with Crippen LogP contribution in [0.1, 0.15) is 5.37 Å². The van der Waals surface area contributed by atoms with Crippen LogP contribution < -0.4 is 11.2 Å². The van der Waals surface area contributed by atoms with Gasteiger partial charge in [-0.1, -0.05) is 0 Å². The van der Waals surface area contributed by atoms with Crippen LogP contribution >= 0.6 is 34.4 Å². The van der Waals surface area contributed by atoms with Gasteiger partial charge in [0.25, 0.3) is 5.56 Å². The number of nitrogens with zero attached hydrogens (tertiary/aromatic N) is 1. The van der Waals surface area contributed by atoms with E-state index < -0.39 is 34.1 Å². The van der Waals surface area contributed by atoms with Crippen molar-refractivity contribution in [1.82, 2.24) is 9.55 Å². The van der Waals surface area contributed by atoms with E-state index >= 15 is 0 Å². The second-order valence-electron chi connectivity index (χ2n) is 3.87. The molecule has 1 aromatic heterocycles. The van der Waals surface area contributed by atoms with Gasteiger partial charge in [-0.3, -0.25) is 14.3 Å². The van der Waals surface area contributed by atoms with Crippen LogP contribution in [0, 0.1) is 3.57 Å². The Labute approximate surface area is 119 Å². The summed E-state index contributed by atoms with van der Waals surface area (Å²) in [5.74, 6) is 0. The molecule has 4 N–H and O–H groups in total. The summed E-state index contributed by atoms with van der Waals surface area (Å²) in [6, 6.07) is 0. The van der Waals surface area contributed by atoms with Gasteiger partial charge < -0.3 is 15.3 Å². The van der Waals surface area contributed by atoms with Crippen molar-refractivity contribution in [3.05, 3.63) is 30.6 Å². The Kier molecular flexibility index (Phi) is 4.16. The van der Waals surface area contributed by atoms with Crippen molar-refractivity contribution < 1.29 is 15.3 Å². The van der Waals surface area contributed by atoms with Gasteiger partial charge in [0.05, 0.1) is 21.5 Å². The summed E-state index contributed by atoms with van der Waals surface area (Å²) in [5, 5.41) is 27.3. The maximum atomic E-state index is 11.7. The Bertz CT molecular complexity index is 559. The van der Waals surface area contributed by atoms with Crippen LogP contribution in [0.25, 0.3) is 0 Å². The van der Waals surface area contributed by atoms with E-state index in [1.54, 1.807) is 22.6 Å². The third kappa shape index (κ3) is 2.37. The number of halogens is 1. The smallest absolute Gasteiger partial charge is 0.329 e. The summed E-state index contributed by atoms with van der Waals surface area (Å²) in [7, 11) is 0. The first-order valence-corrected chi connectivity index (χ1v) is 7.11. The van der Waals surface area contributed by atoms with Crippen LogP contribution in [-0.2, 0) is 0 Å². The summed E-state index contributed by atoms with van der Waals surface area (Å²) in [5.41, 5.74) is -1.14. The summed E-state index contributed by atoms with van der Waals surface area (Å²) < 4.78 is 1.47. The van der Waals surface area contributed by atoms with Crippen molar-refractivity contribution >= 4 is 34.4 Å². The molecular weight excluding hydrogens is 373 g/mol. The third-order valence-corrected chi connectivity index (χ3v) is 5.05. The van der Waals surface area contributed by atoms with Crippen molar-refractivity contribution in [3.8, 4) is 0 Å². The SMILES string of the molecule is O=c1[nH]c(=O)n([C@@H]2S[C@H](CO)[C@@H](O)[C@@H]2O)cc1[125I]. The molecule has 1 aliphatic heterocycles. The second-order valence-corrected chi connectivity index (χ2v) is 6.40. The van der Waals surface area contributed by atoms with Crippen molar-refractivity contribution in [3.63, 3.8) is 0 Å². The number of H-pyrrole nitrogens is 1. The van der Waals surface area contributed by atoms with Gasteiger partial charge in [0.1, 0.15) is 11.5 Å². The molecule has 0 aromatic carbocycles. The molecule has 1 saturated heterocycles. The largest absolute Gasteiger partial charge is 0.395 e. The predicted octanol–water partition coefficient (Wildman–Crippen LogP) is -1.53. The molecule has 4 atom stereocenters. The molecule has 1 aromatic rings. The highest BCUT2D eigenvalue weighted by molar-refractivity contribution is 14.1. The van der Waals surface area contributed by atoms with Gasteiger partial charge in [-0.05, 0) is 22.6 Å². The average Bonchev–Trinajstić information content (AvgIpc) is 2.61. The fourth-order valence-electron chi connectivity index (χ4n) is 1.76. The Balaban J connectivity index is 2.42. The monoisotopic (exact) mass is 384 g/mol. The molecule has 0 bridgehead atoms. The van der Waals surface area contributed by atoms with Crippen LogP contribution in [0.15, 0.2) is 15.8 Å². The summed E-state index contributed by atoms with van der Waals surface area (Å²) >= 11 is 2.87. The van der Waals surface area contributed by atoms with Crippen LogP contribution in [0.3, 0.4) is 0 Å². The van der Waals surface area contributed by atoms with Gasteiger partial charge in [-0.15, -0.1) is 11.8 Å². The zero-order valence-corrected chi connectivity index (χ0v) is 12.0. The van der Waals surface area contributed by atoms with Crippen LogP contribution in [0.5, 0.6) is 0 Å². The maximum absolute atomic E-state index is 11.7. The van der Waals surface area contributed by atoms with Crippen molar-refractivity contribution in [2.45, 2.75) is 22.8 Å². The van der Waals surface area contributed by atoms with Gasteiger partial charge in [0.2, 0.25) is 0 Å². The predicted molar refractivity (Wildman–Crippen MR) is 73.6 cm³/mol. The maximum Gasteiger partial charge on any atom is 0.329 e. The fourth-order valence-corrected chi connectivity index (χ4v) is 3.57. The van der Waals surface area contributed by atoms with E-state index in [0.29, 0.717) is 3.57 Å². The highest BCUT2D eigenvalue weighted by Gasteiger charge is 2.43. The molecule has 1 aliphatic rings. The van der Waals surface area contributed by atoms with Crippen LogP contribution in [-0.4, -0.2) is 48.9 Å². The fraction of sp³-hybridized carbons (Fsp3) is 0.556. The topological polar surface area (TPSA) is 116 Å². The molecule has 0 radical (unpaired) electrons. The van der Waals surface area contributed by atoms with Crippen molar-refractivity contribution in [2.75, 3.05) is 6.61 Å². The summed E-state index contributed by atoms with van der Waals surface area (Å²) in [6.07, 6.45) is -0.956. The lowest BCUT2D eigenvalue weighted by molar-refractivity contribution is 0.0101. The molecule has 0 saturated carbocycles. The average molecular weight is 384 g/mol. The van der Waals surface area contributed by atoms with Crippen molar-refractivity contribution in [1.29, 1.82) is 0 Å². The lowest BCUT2D eigenvalue weighted by atomic mass is 10.1. The minimum Gasteiger partial charge on any atom is -0.395 e. The first kappa shape index (κ1) is 14.1. The molecule has 7 nitrogen and oxygen atoms in total. The number of aliphatic hydroxyl groups is 3. The number of hydrogen-bond acceptors (Lipinski definition) is 6. The first-order chi connectivity index (χ1) is 8.45. The van der Waals surface area contributed by atoms with E-state index in [4.69, 9.17) is 5.11 Å². The Morgan fingerprint density at radius 1 is 1.39 bits per heavy atom. The van der Waals surface area contributed by atoms with E-state index in [9.17, 15) is 19.8 Å². The van der Waals surface area contributed by atoms with E-state index in [0.717, 1.165) is 16.3 Å². The molecule has 0 unspecified atom stereocenters. The summed E-state index contributed by atoms with van der Waals surface area (Å²) in [6.45, 7) is -0.297. The van der Waals surface area contributed by atoms with E-state index in [1.807, 2.05) is 0 Å². The number of aromatic nitrogens is 2. The highest BCUT2D eigenvalue weighted by Crippen LogP contribution is 2.40. The third-order valence-electron chi connectivity index (χ3n) is 2.72. The second kappa shape index (κ2) is 5.33. The molecule has 2 rings (SSSR count). The number of hydrogen-bond donors (Lipinski definition) is 4. The van der Waals surface area contributed by atoms with Crippen molar-refractivity contribution in [2.24, 2.45) is 0 Å². The van der Waals surface area contributed by atoms with Gasteiger partial charge in [0.15, 0.2) is 0 Å². The summed E-state index contributed by atoms with van der Waals surface area (Å²) in [4.78, 5) is 25.0. The molecule has 0 aliphatic carbocycles. The van der Waals surface area contributed by atoms with E-state index in [2.05, 4.69) is 4.98 Å². The number of thioether (sulfide) groups is 1. The molecule has 0 spiro atoms. The Morgan fingerprint density at radius 3 is 2.61 bits per heavy atom. The normalized spacial score (nSPS) is 31.8. The van der Waals surface area contributed by atoms with E-state index in [1.165, 1.54) is 6.20 Å². The highest BCUT2D eigenvalue weighted by atomic mass is 125. The first-order valence-electron chi connectivity index (χ1n) is 5.09. The molecule has 100 valence electrons. The molecular formula is C9H11IN2O5S. The lowest BCUT2D eigenvalue weighted by Gasteiger charge is -2.17. The lowest BCUT2D eigenvalue weighted by Crippen LogP contribution is -2.38. The number of aliphatic hydroxyl groups excluding tert-OH is 3. The van der Waals surface area contributed by atoms with E-state index in [-0.39, 0.29) is 6.61 Å². The standard InChI is InChI=1S/C9H11IN2O5S/c10-3-1-12(9(17)11-7(3)16)8-6(15)5(14)4(2-13)18-8/h1,4-6,8,13-15H,2H2,(H,11,16,17)/t4-,5-,6+,8-/m1/s1/i10-2. The zero-order valence-electron chi connectivity index (χ0n) is 8.99. The van der Waals surface area contributed by atoms with Gasteiger partial charge in [-0.25, -0.2) is 4.79 Å². The molecule has 1 fully saturated rings. The molecule has 18 heavy (non-hydrogen) atoms. The van der Waals surface area contributed by atoms with Gasteiger partial charge in [-0.2, -0.15) is 0 Å². The Morgan fingerprint density at radius 2 is 2.06 bits per heavy atom. The Hall–Kier alpha value is -0.360. The molecule has 0 amide bonds. The van der Waals surface area contributed by atoms with Crippen LogP contribution in [0.2, 0.25) is 0 Å². The molecule has 9 heteroatoms. The number of rotatable bonds is 2. The number of nitrogens with one attached hydrogen (secondary N) is 1. The minimum atomic E-state index is -1.17. The number of aromatic amines is 1. The van der Waals surface area contributed by atoms with Gasteiger partial charge in [0, 0.05) is 6.20 Å². The quantitative estimate of drug-likeness (QED) is 0.460. The van der Waals surface area contributed by atoms with Crippen LogP contribution in [0.4, 0.5) is 0 Å².